The van der Waals surface area contributed by atoms with Gasteiger partial charge < -0.3 is 29.9 Å². The second-order valence-corrected chi connectivity index (χ2v) is 9.00. The molecule has 7 heteroatoms. The van der Waals surface area contributed by atoms with Crippen LogP contribution >= 0.6 is 0 Å². The Hall–Kier alpha value is -2.61. The van der Waals surface area contributed by atoms with Gasteiger partial charge in [0.2, 0.25) is 5.91 Å². The number of aryl methyl sites for hydroxylation is 1. The number of carbonyl (C=O) groups excluding carboxylic acids is 1. The molecular formula is C25H32N2O5. The number of β-amino-alcohol motifs (C(OH)–C–C–N with tert-alkyl or cyclic N) is 1. The number of amides is 1. The number of nitrogens with zero attached hydrogens (tertiary/aromatic N) is 1. The highest BCUT2D eigenvalue weighted by molar-refractivity contribution is 5.90. The van der Waals surface area contributed by atoms with E-state index >= 15 is 0 Å². The highest BCUT2D eigenvalue weighted by atomic mass is 16.5. The number of nitrogens with one attached hydrogen (secondary N) is 1. The van der Waals surface area contributed by atoms with E-state index < -0.39 is 12.2 Å². The first kappa shape index (κ1) is 22.6. The van der Waals surface area contributed by atoms with Gasteiger partial charge in [0.05, 0.1) is 25.0 Å². The molecule has 2 aliphatic heterocycles. The Labute approximate surface area is 189 Å². The Morgan fingerprint density at radius 3 is 2.72 bits per heavy atom. The molecule has 1 fully saturated rings. The number of piperidine rings is 1. The van der Waals surface area contributed by atoms with Crippen molar-refractivity contribution in [3.8, 4) is 11.5 Å². The molecule has 2 aliphatic rings. The smallest absolute Gasteiger partial charge is 0.221 e. The maximum absolute atomic E-state index is 11.5. The van der Waals surface area contributed by atoms with Crippen LogP contribution in [0.3, 0.4) is 0 Å². The highest BCUT2D eigenvalue weighted by Crippen LogP contribution is 2.44. The SMILES string of the molecule is COc1ccc([C@H](O)CN2CCC3(CC2)C[C@H](O)c2cc(C)ccc2O3)cc1NC(C)=O. The second kappa shape index (κ2) is 9.10. The van der Waals surface area contributed by atoms with Crippen molar-refractivity contribution >= 4 is 11.6 Å². The Balaban J connectivity index is 1.39. The minimum atomic E-state index is -0.691. The van der Waals surface area contributed by atoms with Crippen LogP contribution in [0.2, 0.25) is 0 Å². The fraction of sp³-hybridized carbons (Fsp3) is 0.480. The first-order chi connectivity index (χ1) is 15.3. The van der Waals surface area contributed by atoms with E-state index in [-0.39, 0.29) is 11.5 Å². The number of aliphatic hydroxyl groups excluding tert-OH is 2. The normalized spacial score (nSPS) is 20.8. The second-order valence-electron chi connectivity index (χ2n) is 9.00. The minimum absolute atomic E-state index is 0.192. The number of anilines is 1. The monoisotopic (exact) mass is 440 g/mol. The number of fused-ring (bicyclic) bond motifs is 1. The zero-order valence-electron chi connectivity index (χ0n) is 18.9. The van der Waals surface area contributed by atoms with Crippen LogP contribution in [0.25, 0.3) is 0 Å². The van der Waals surface area contributed by atoms with Crippen LogP contribution in [0.1, 0.15) is 55.1 Å². The Morgan fingerprint density at radius 1 is 1.28 bits per heavy atom. The van der Waals surface area contributed by atoms with E-state index in [0.717, 1.165) is 48.4 Å². The fourth-order valence-corrected chi connectivity index (χ4v) is 4.78. The molecule has 0 aromatic heterocycles. The first-order valence-corrected chi connectivity index (χ1v) is 11.1. The summed E-state index contributed by atoms with van der Waals surface area (Å²) in [6.45, 7) is 5.50. The van der Waals surface area contributed by atoms with Crippen molar-refractivity contribution < 1.29 is 24.5 Å². The third-order valence-corrected chi connectivity index (χ3v) is 6.53. The van der Waals surface area contributed by atoms with Crippen molar-refractivity contribution in [2.45, 2.75) is 50.9 Å². The van der Waals surface area contributed by atoms with Gasteiger partial charge in [-0.05, 0) is 49.6 Å². The van der Waals surface area contributed by atoms with E-state index in [1.165, 1.54) is 6.92 Å². The van der Waals surface area contributed by atoms with Crippen molar-refractivity contribution in [2.24, 2.45) is 0 Å². The van der Waals surface area contributed by atoms with Gasteiger partial charge in [0, 0.05) is 38.5 Å². The lowest BCUT2D eigenvalue weighted by Gasteiger charge is -2.46. The molecule has 3 N–H and O–H groups in total. The molecule has 2 aromatic carbocycles. The van der Waals surface area contributed by atoms with E-state index in [1.54, 1.807) is 19.2 Å². The van der Waals surface area contributed by atoms with Crippen molar-refractivity contribution in [2.75, 3.05) is 32.1 Å². The summed E-state index contributed by atoms with van der Waals surface area (Å²) in [5, 5.41) is 24.3. The predicted molar refractivity (Wildman–Crippen MR) is 122 cm³/mol. The molecule has 172 valence electrons. The number of hydrogen-bond donors (Lipinski definition) is 3. The van der Waals surface area contributed by atoms with E-state index in [1.807, 2.05) is 31.2 Å². The van der Waals surface area contributed by atoms with Crippen molar-refractivity contribution in [3.63, 3.8) is 0 Å². The van der Waals surface area contributed by atoms with E-state index in [9.17, 15) is 15.0 Å². The third kappa shape index (κ3) is 4.75. The number of ether oxygens (including phenoxy) is 2. The van der Waals surface area contributed by atoms with Gasteiger partial charge in [-0.25, -0.2) is 0 Å². The van der Waals surface area contributed by atoms with Crippen LogP contribution in [0.4, 0.5) is 5.69 Å². The van der Waals surface area contributed by atoms with Crippen LogP contribution < -0.4 is 14.8 Å². The average molecular weight is 441 g/mol. The lowest BCUT2D eigenvalue weighted by molar-refractivity contribution is -0.114. The number of aliphatic hydroxyl groups is 2. The quantitative estimate of drug-likeness (QED) is 0.661. The van der Waals surface area contributed by atoms with Gasteiger partial charge in [-0.1, -0.05) is 17.7 Å². The zero-order chi connectivity index (χ0) is 22.9. The van der Waals surface area contributed by atoms with E-state index in [4.69, 9.17) is 9.47 Å². The standard InChI is InChI=1S/C25H32N2O5/c1-16-4-6-23-19(12-16)21(29)14-25(32-23)8-10-27(11-9-25)15-22(30)18-5-7-24(31-3)20(13-18)26-17(2)28/h4-7,12-13,21-22,29-30H,8-11,14-15H2,1-3H3,(H,26,28)/t21-,22+/m0/s1. The molecule has 1 spiro atoms. The number of rotatable bonds is 5. The number of benzene rings is 2. The number of carbonyl (C=O) groups is 1. The summed E-state index contributed by atoms with van der Waals surface area (Å²) in [4.78, 5) is 13.7. The summed E-state index contributed by atoms with van der Waals surface area (Å²) in [5.41, 5.74) is 2.91. The maximum Gasteiger partial charge on any atom is 0.221 e. The molecule has 7 nitrogen and oxygen atoms in total. The molecule has 0 radical (unpaired) electrons. The molecule has 0 saturated carbocycles. The number of likely N-dealkylation sites (tertiary alicyclic amines) is 1. The summed E-state index contributed by atoms with van der Waals surface area (Å²) in [5.74, 6) is 1.15. The molecule has 2 aromatic rings. The highest BCUT2D eigenvalue weighted by Gasteiger charge is 2.43. The largest absolute Gasteiger partial charge is 0.495 e. The summed E-state index contributed by atoms with van der Waals surface area (Å²) in [6, 6.07) is 11.3. The minimum Gasteiger partial charge on any atom is -0.495 e. The van der Waals surface area contributed by atoms with Crippen LogP contribution in [0, 0.1) is 6.92 Å². The van der Waals surface area contributed by atoms with Gasteiger partial charge in [-0.2, -0.15) is 0 Å². The summed E-state index contributed by atoms with van der Waals surface area (Å²) >= 11 is 0. The molecule has 32 heavy (non-hydrogen) atoms. The molecule has 0 aliphatic carbocycles. The molecule has 2 atom stereocenters. The van der Waals surface area contributed by atoms with Gasteiger partial charge in [-0.15, -0.1) is 0 Å². The molecule has 1 saturated heterocycles. The lowest BCUT2D eigenvalue weighted by Crippen LogP contribution is -2.51. The van der Waals surface area contributed by atoms with Gasteiger partial charge in [-0.3, -0.25) is 4.79 Å². The third-order valence-electron chi connectivity index (χ3n) is 6.53. The first-order valence-electron chi connectivity index (χ1n) is 11.1. The Kier molecular flexibility index (Phi) is 6.42. The molecule has 1 amide bonds. The molecule has 0 unspecified atom stereocenters. The van der Waals surface area contributed by atoms with Gasteiger partial charge in [0.1, 0.15) is 17.1 Å². The van der Waals surface area contributed by atoms with Crippen LogP contribution in [-0.2, 0) is 4.79 Å². The van der Waals surface area contributed by atoms with Gasteiger partial charge in [0.15, 0.2) is 0 Å². The zero-order valence-corrected chi connectivity index (χ0v) is 18.9. The Morgan fingerprint density at radius 2 is 2.03 bits per heavy atom. The van der Waals surface area contributed by atoms with E-state index in [0.29, 0.717) is 24.4 Å². The summed E-state index contributed by atoms with van der Waals surface area (Å²) < 4.78 is 11.7. The summed E-state index contributed by atoms with van der Waals surface area (Å²) in [6.07, 6.45) is 0.984. The van der Waals surface area contributed by atoms with Crippen molar-refractivity contribution in [1.82, 2.24) is 4.90 Å². The molecule has 4 rings (SSSR count). The van der Waals surface area contributed by atoms with Crippen molar-refractivity contribution in [3.05, 3.63) is 53.1 Å². The molecular weight excluding hydrogens is 408 g/mol. The molecule has 0 bridgehead atoms. The van der Waals surface area contributed by atoms with Crippen LogP contribution in [0.5, 0.6) is 11.5 Å². The van der Waals surface area contributed by atoms with Crippen LogP contribution in [-0.4, -0.2) is 53.4 Å². The maximum atomic E-state index is 11.5. The topological polar surface area (TPSA) is 91.3 Å². The fourth-order valence-electron chi connectivity index (χ4n) is 4.78. The Bertz CT molecular complexity index is 984. The molecule has 2 heterocycles. The summed E-state index contributed by atoms with van der Waals surface area (Å²) in [7, 11) is 1.55. The van der Waals surface area contributed by atoms with Gasteiger partial charge >= 0.3 is 0 Å². The lowest BCUT2D eigenvalue weighted by atomic mass is 9.81. The van der Waals surface area contributed by atoms with E-state index in [2.05, 4.69) is 10.2 Å². The average Bonchev–Trinajstić information content (AvgIpc) is 2.76. The predicted octanol–water partition coefficient (Wildman–Crippen LogP) is 3.35. The van der Waals surface area contributed by atoms with Gasteiger partial charge in [0.25, 0.3) is 0 Å². The number of methoxy groups -OCH3 is 1. The van der Waals surface area contributed by atoms with Crippen LogP contribution in [0.15, 0.2) is 36.4 Å². The van der Waals surface area contributed by atoms with Crippen molar-refractivity contribution in [1.29, 1.82) is 0 Å². The number of hydrogen-bond acceptors (Lipinski definition) is 6.